The summed E-state index contributed by atoms with van der Waals surface area (Å²) in [4.78, 5) is 14.0. The Morgan fingerprint density at radius 3 is 2.21 bits per heavy atom. The lowest BCUT2D eigenvalue weighted by atomic mass is 10.1. The van der Waals surface area contributed by atoms with Crippen molar-refractivity contribution in [2.45, 2.75) is 46.0 Å². The summed E-state index contributed by atoms with van der Waals surface area (Å²) in [5.41, 5.74) is 1.09. The Balaban J connectivity index is 2.34. The van der Waals surface area contributed by atoms with Crippen LogP contribution in [0, 0.1) is 5.82 Å². The van der Waals surface area contributed by atoms with Gasteiger partial charge in [-0.3, -0.25) is 4.79 Å². The molecule has 0 radical (unpaired) electrons. The summed E-state index contributed by atoms with van der Waals surface area (Å²) >= 11 is 0. The van der Waals surface area contributed by atoms with Crippen molar-refractivity contribution in [3.8, 4) is 0 Å². The van der Waals surface area contributed by atoms with Gasteiger partial charge in [0.2, 0.25) is 5.91 Å². The average molecular weight is 265 g/mol. The van der Waals surface area contributed by atoms with Crippen molar-refractivity contribution < 1.29 is 9.18 Å². The molecule has 0 heterocycles. The molecule has 1 aromatic rings. The quantitative estimate of drug-likeness (QED) is 0.700. The SMILES string of the molecule is CCCN(CCC)C(=O)CCCc1ccc(F)cc1. The van der Waals surface area contributed by atoms with Crippen molar-refractivity contribution in [3.05, 3.63) is 35.6 Å². The van der Waals surface area contributed by atoms with Crippen LogP contribution in [0.5, 0.6) is 0 Å². The van der Waals surface area contributed by atoms with Crippen molar-refractivity contribution in [2.24, 2.45) is 0 Å². The zero-order chi connectivity index (χ0) is 14.1. The minimum absolute atomic E-state index is 0.211. The first-order valence-corrected chi connectivity index (χ1v) is 7.19. The monoisotopic (exact) mass is 265 g/mol. The van der Waals surface area contributed by atoms with Gasteiger partial charge in [0.15, 0.2) is 0 Å². The number of nitrogens with zero attached hydrogens (tertiary/aromatic N) is 1. The topological polar surface area (TPSA) is 20.3 Å². The summed E-state index contributed by atoms with van der Waals surface area (Å²) in [6.45, 7) is 5.88. The maximum Gasteiger partial charge on any atom is 0.222 e. The molecule has 0 saturated carbocycles. The van der Waals surface area contributed by atoms with E-state index in [2.05, 4.69) is 13.8 Å². The Morgan fingerprint density at radius 2 is 1.68 bits per heavy atom. The molecule has 0 aliphatic carbocycles. The van der Waals surface area contributed by atoms with Gasteiger partial charge < -0.3 is 4.90 Å². The summed E-state index contributed by atoms with van der Waals surface area (Å²) in [5.74, 6) is 0.0303. The van der Waals surface area contributed by atoms with Crippen LogP contribution in [0.4, 0.5) is 4.39 Å². The first kappa shape index (κ1) is 15.7. The van der Waals surface area contributed by atoms with Gasteiger partial charge in [0.25, 0.3) is 0 Å². The lowest BCUT2D eigenvalue weighted by Crippen LogP contribution is -2.32. The maximum atomic E-state index is 12.8. The summed E-state index contributed by atoms with van der Waals surface area (Å²) < 4.78 is 12.8. The van der Waals surface area contributed by atoms with Crippen LogP contribution in [0.3, 0.4) is 0 Å². The molecule has 0 aliphatic rings. The van der Waals surface area contributed by atoms with E-state index in [4.69, 9.17) is 0 Å². The maximum absolute atomic E-state index is 12.8. The van der Waals surface area contributed by atoms with Crippen LogP contribution in [0.2, 0.25) is 0 Å². The highest BCUT2D eigenvalue weighted by molar-refractivity contribution is 5.76. The second-order valence-electron chi connectivity index (χ2n) is 4.86. The standard InChI is InChI=1S/C16H24FNO/c1-3-12-18(13-4-2)16(19)7-5-6-14-8-10-15(17)11-9-14/h8-11H,3-7,12-13H2,1-2H3. The minimum Gasteiger partial charge on any atom is -0.343 e. The number of hydrogen-bond donors (Lipinski definition) is 0. The Morgan fingerprint density at radius 1 is 1.11 bits per heavy atom. The predicted octanol–water partition coefficient (Wildman–Crippen LogP) is 3.80. The zero-order valence-corrected chi connectivity index (χ0v) is 12.0. The summed E-state index contributed by atoms with van der Waals surface area (Å²) in [6, 6.07) is 6.51. The number of carbonyl (C=O) groups excluding carboxylic acids is 1. The van der Waals surface area contributed by atoms with Crippen LogP contribution in [0.25, 0.3) is 0 Å². The van der Waals surface area contributed by atoms with E-state index in [0.29, 0.717) is 6.42 Å². The molecule has 19 heavy (non-hydrogen) atoms. The molecule has 1 rings (SSSR count). The van der Waals surface area contributed by atoms with Crippen LogP contribution in [-0.4, -0.2) is 23.9 Å². The van der Waals surface area contributed by atoms with E-state index in [0.717, 1.165) is 44.3 Å². The molecule has 0 aliphatic heterocycles. The zero-order valence-electron chi connectivity index (χ0n) is 12.0. The van der Waals surface area contributed by atoms with Crippen molar-refractivity contribution in [1.29, 1.82) is 0 Å². The fourth-order valence-electron chi connectivity index (χ4n) is 2.15. The number of aryl methyl sites for hydroxylation is 1. The second kappa shape index (κ2) is 8.68. The molecule has 1 amide bonds. The molecule has 0 fully saturated rings. The van der Waals surface area contributed by atoms with Crippen molar-refractivity contribution in [3.63, 3.8) is 0 Å². The van der Waals surface area contributed by atoms with Crippen molar-refractivity contribution >= 4 is 5.91 Å². The van der Waals surface area contributed by atoms with Gasteiger partial charge in [-0.05, 0) is 43.4 Å². The number of amides is 1. The summed E-state index contributed by atoms with van der Waals surface area (Å²) in [5, 5.41) is 0. The van der Waals surface area contributed by atoms with Crippen molar-refractivity contribution in [1.82, 2.24) is 4.90 Å². The third kappa shape index (κ3) is 5.86. The Hall–Kier alpha value is -1.38. The first-order chi connectivity index (χ1) is 9.17. The molecule has 0 saturated heterocycles. The Labute approximate surface area is 115 Å². The van der Waals surface area contributed by atoms with E-state index in [1.165, 1.54) is 12.1 Å². The molecular formula is C16H24FNO. The molecule has 0 atom stereocenters. The lowest BCUT2D eigenvalue weighted by molar-refractivity contribution is -0.131. The van der Waals surface area contributed by atoms with E-state index in [1.54, 1.807) is 12.1 Å². The molecule has 0 spiro atoms. The number of rotatable bonds is 8. The minimum atomic E-state index is -0.211. The van der Waals surface area contributed by atoms with Gasteiger partial charge in [0.05, 0.1) is 0 Å². The predicted molar refractivity (Wildman–Crippen MR) is 76.5 cm³/mol. The first-order valence-electron chi connectivity index (χ1n) is 7.19. The highest BCUT2D eigenvalue weighted by Crippen LogP contribution is 2.08. The number of benzene rings is 1. The van der Waals surface area contributed by atoms with Crippen LogP contribution in [0.15, 0.2) is 24.3 Å². The van der Waals surface area contributed by atoms with E-state index in [1.807, 2.05) is 4.90 Å². The summed E-state index contributed by atoms with van der Waals surface area (Å²) in [6.07, 6.45) is 4.25. The molecule has 0 bridgehead atoms. The molecule has 1 aromatic carbocycles. The molecule has 106 valence electrons. The fourth-order valence-corrected chi connectivity index (χ4v) is 2.15. The smallest absolute Gasteiger partial charge is 0.222 e. The highest BCUT2D eigenvalue weighted by atomic mass is 19.1. The molecule has 3 heteroatoms. The van der Waals surface area contributed by atoms with Crippen LogP contribution >= 0.6 is 0 Å². The molecule has 0 N–H and O–H groups in total. The summed E-state index contributed by atoms with van der Waals surface area (Å²) in [7, 11) is 0. The van der Waals surface area contributed by atoms with Gasteiger partial charge in [-0.1, -0.05) is 26.0 Å². The van der Waals surface area contributed by atoms with E-state index < -0.39 is 0 Å². The Bertz CT molecular complexity index is 369. The van der Waals surface area contributed by atoms with Crippen LogP contribution in [-0.2, 0) is 11.2 Å². The third-order valence-electron chi connectivity index (χ3n) is 3.11. The molecular weight excluding hydrogens is 241 g/mol. The van der Waals surface area contributed by atoms with Crippen LogP contribution < -0.4 is 0 Å². The van der Waals surface area contributed by atoms with E-state index in [9.17, 15) is 9.18 Å². The Kier molecular flexibility index (Phi) is 7.16. The van der Waals surface area contributed by atoms with E-state index >= 15 is 0 Å². The molecule has 0 aromatic heterocycles. The van der Waals surface area contributed by atoms with E-state index in [-0.39, 0.29) is 11.7 Å². The number of hydrogen-bond acceptors (Lipinski definition) is 1. The van der Waals surface area contributed by atoms with Gasteiger partial charge in [0, 0.05) is 19.5 Å². The van der Waals surface area contributed by atoms with Gasteiger partial charge in [-0.2, -0.15) is 0 Å². The highest BCUT2D eigenvalue weighted by Gasteiger charge is 2.10. The van der Waals surface area contributed by atoms with Gasteiger partial charge in [-0.25, -0.2) is 4.39 Å². The molecule has 2 nitrogen and oxygen atoms in total. The van der Waals surface area contributed by atoms with Crippen molar-refractivity contribution in [2.75, 3.05) is 13.1 Å². The third-order valence-corrected chi connectivity index (χ3v) is 3.11. The second-order valence-corrected chi connectivity index (χ2v) is 4.86. The van der Waals surface area contributed by atoms with Gasteiger partial charge in [-0.15, -0.1) is 0 Å². The molecule has 0 unspecified atom stereocenters. The van der Waals surface area contributed by atoms with Gasteiger partial charge >= 0.3 is 0 Å². The normalized spacial score (nSPS) is 10.5. The lowest BCUT2D eigenvalue weighted by Gasteiger charge is -2.21. The largest absolute Gasteiger partial charge is 0.343 e. The number of halogens is 1. The number of carbonyl (C=O) groups is 1. The van der Waals surface area contributed by atoms with Gasteiger partial charge in [0.1, 0.15) is 5.82 Å². The average Bonchev–Trinajstić information content (AvgIpc) is 2.40. The fraction of sp³-hybridized carbons (Fsp3) is 0.562. The van der Waals surface area contributed by atoms with Crippen LogP contribution in [0.1, 0.15) is 45.1 Å².